The quantitative estimate of drug-likeness (QED) is 0.510. The fraction of sp³-hybridized carbons (Fsp3) is 0.231. The highest BCUT2D eigenvalue weighted by atomic mass is 16.5. The summed E-state index contributed by atoms with van der Waals surface area (Å²) in [4.78, 5) is 27.2. The van der Waals surface area contributed by atoms with E-state index in [1.807, 2.05) is 62.4 Å². The van der Waals surface area contributed by atoms with Gasteiger partial charge in [0.2, 0.25) is 0 Å². The third-order valence-corrected chi connectivity index (χ3v) is 5.42. The van der Waals surface area contributed by atoms with E-state index in [-0.39, 0.29) is 11.7 Å². The fourth-order valence-electron chi connectivity index (χ4n) is 3.13. The minimum atomic E-state index is -0.561. The molecule has 0 fully saturated rings. The van der Waals surface area contributed by atoms with Crippen molar-refractivity contribution in [1.29, 1.82) is 0 Å². The van der Waals surface area contributed by atoms with E-state index < -0.39 is 6.04 Å². The highest BCUT2D eigenvalue weighted by Crippen LogP contribution is 2.18. The molecule has 3 aromatic rings. The number of carbonyl (C=O) groups is 2. The Morgan fingerprint density at radius 1 is 0.867 bits per heavy atom. The molecule has 0 aliphatic carbocycles. The molecule has 154 valence electrons. The zero-order chi connectivity index (χ0) is 21.7. The molecule has 0 bridgehead atoms. The number of benzene rings is 3. The van der Waals surface area contributed by atoms with Gasteiger partial charge in [-0.3, -0.25) is 9.59 Å². The SMILES string of the molecule is Cc1ccc(C(=O)C(C)N(C)C(=O)c2ccc(OCc3ccccc3)cc2)cc1C. The minimum absolute atomic E-state index is 0.0724. The molecule has 1 atom stereocenters. The molecule has 4 heteroatoms. The average molecular weight is 402 g/mol. The second-order valence-electron chi connectivity index (χ2n) is 7.55. The van der Waals surface area contributed by atoms with Gasteiger partial charge < -0.3 is 9.64 Å². The van der Waals surface area contributed by atoms with Gasteiger partial charge in [0.1, 0.15) is 12.4 Å². The molecule has 1 unspecified atom stereocenters. The van der Waals surface area contributed by atoms with Crippen molar-refractivity contribution >= 4 is 11.7 Å². The molecule has 3 aromatic carbocycles. The van der Waals surface area contributed by atoms with Gasteiger partial charge in [0, 0.05) is 18.2 Å². The van der Waals surface area contributed by atoms with E-state index in [0.29, 0.717) is 23.5 Å². The summed E-state index contributed by atoms with van der Waals surface area (Å²) < 4.78 is 5.77. The normalized spacial score (nSPS) is 11.6. The molecule has 0 heterocycles. The van der Waals surface area contributed by atoms with Crippen LogP contribution in [0.5, 0.6) is 5.75 Å². The smallest absolute Gasteiger partial charge is 0.254 e. The van der Waals surface area contributed by atoms with Gasteiger partial charge in [-0.25, -0.2) is 0 Å². The number of hydrogen-bond donors (Lipinski definition) is 0. The van der Waals surface area contributed by atoms with E-state index in [9.17, 15) is 9.59 Å². The lowest BCUT2D eigenvalue weighted by atomic mass is 9.99. The molecule has 0 aliphatic rings. The second-order valence-corrected chi connectivity index (χ2v) is 7.55. The van der Waals surface area contributed by atoms with Crippen LogP contribution in [0.1, 0.15) is 44.3 Å². The van der Waals surface area contributed by atoms with Gasteiger partial charge in [0.05, 0.1) is 6.04 Å². The molecule has 0 aromatic heterocycles. The van der Waals surface area contributed by atoms with Crippen LogP contribution in [0.3, 0.4) is 0 Å². The Balaban J connectivity index is 1.64. The lowest BCUT2D eigenvalue weighted by Gasteiger charge is -2.24. The number of nitrogens with zero attached hydrogens (tertiary/aromatic N) is 1. The van der Waals surface area contributed by atoms with Gasteiger partial charge in [-0.15, -0.1) is 0 Å². The van der Waals surface area contributed by atoms with Gasteiger partial charge in [-0.1, -0.05) is 42.5 Å². The molecule has 30 heavy (non-hydrogen) atoms. The predicted octanol–water partition coefficient (Wildman–Crippen LogP) is 5.23. The van der Waals surface area contributed by atoms with Crippen molar-refractivity contribution in [2.45, 2.75) is 33.4 Å². The summed E-state index contributed by atoms with van der Waals surface area (Å²) in [6, 6.07) is 22.0. The topological polar surface area (TPSA) is 46.6 Å². The summed E-state index contributed by atoms with van der Waals surface area (Å²) in [5.74, 6) is 0.420. The van der Waals surface area contributed by atoms with Crippen molar-refractivity contribution in [1.82, 2.24) is 4.90 Å². The standard InChI is InChI=1S/C26H27NO3/c1-18-10-11-23(16-19(18)2)25(28)20(3)27(4)26(29)22-12-14-24(15-13-22)30-17-21-8-6-5-7-9-21/h5-16,20H,17H2,1-4H3. The molecule has 0 saturated heterocycles. The summed E-state index contributed by atoms with van der Waals surface area (Å²) in [6.07, 6.45) is 0. The van der Waals surface area contributed by atoms with Crippen LogP contribution in [0.2, 0.25) is 0 Å². The Hall–Kier alpha value is -3.40. The first-order chi connectivity index (χ1) is 14.4. The van der Waals surface area contributed by atoms with E-state index in [2.05, 4.69) is 0 Å². The molecule has 0 aliphatic heterocycles. The van der Waals surface area contributed by atoms with Gasteiger partial charge in [0.25, 0.3) is 5.91 Å². The van der Waals surface area contributed by atoms with Crippen LogP contribution in [0.25, 0.3) is 0 Å². The number of aryl methyl sites for hydroxylation is 2. The number of hydrogen-bond acceptors (Lipinski definition) is 3. The largest absolute Gasteiger partial charge is 0.489 e. The first-order valence-electron chi connectivity index (χ1n) is 10.0. The number of ketones is 1. The van der Waals surface area contributed by atoms with Crippen LogP contribution >= 0.6 is 0 Å². The van der Waals surface area contributed by atoms with E-state index >= 15 is 0 Å². The maximum Gasteiger partial charge on any atom is 0.254 e. The van der Waals surface area contributed by atoms with E-state index in [4.69, 9.17) is 4.74 Å². The Bertz CT molecular complexity index is 1030. The minimum Gasteiger partial charge on any atom is -0.489 e. The van der Waals surface area contributed by atoms with Gasteiger partial charge >= 0.3 is 0 Å². The lowest BCUT2D eigenvalue weighted by Crippen LogP contribution is -2.40. The summed E-state index contributed by atoms with van der Waals surface area (Å²) in [6.45, 7) is 6.21. The molecular weight excluding hydrogens is 374 g/mol. The number of carbonyl (C=O) groups excluding carboxylic acids is 2. The van der Waals surface area contributed by atoms with E-state index in [1.165, 1.54) is 4.90 Å². The monoisotopic (exact) mass is 401 g/mol. The van der Waals surface area contributed by atoms with Crippen LogP contribution in [-0.4, -0.2) is 29.7 Å². The Morgan fingerprint density at radius 3 is 2.13 bits per heavy atom. The van der Waals surface area contributed by atoms with Crippen LogP contribution < -0.4 is 4.74 Å². The Kier molecular flexibility index (Phi) is 6.68. The third kappa shape index (κ3) is 4.95. The lowest BCUT2D eigenvalue weighted by molar-refractivity contribution is 0.0675. The van der Waals surface area contributed by atoms with Crippen LogP contribution in [0.4, 0.5) is 0 Å². The first-order valence-corrected chi connectivity index (χ1v) is 10.0. The summed E-state index contributed by atoms with van der Waals surface area (Å²) >= 11 is 0. The van der Waals surface area contributed by atoms with Crippen LogP contribution in [-0.2, 0) is 6.61 Å². The highest BCUT2D eigenvalue weighted by Gasteiger charge is 2.24. The van der Waals surface area contributed by atoms with Crippen molar-refractivity contribution < 1.29 is 14.3 Å². The van der Waals surface area contributed by atoms with Crippen molar-refractivity contribution in [2.24, 2.45) is 0 Å². The van der Waals surface area contributed by atoms with Crippen molar-refractivity contribution in [3.63, 3.8) is 0 Å². The van der Waals surface area contributed by atoms with Crippen LogP contribution in [0.15, 0.2) is 72.8 Å². The van der Waals surface area contributed by atoms with Crippen molar-refractivity contribution in [3.05, 3.63) is 101 Å². The van der Waals surface area contributed by atoms with E-state index in [0.717, 1.165) is 16.7 Å². The third-order valence-electron chi connectivity index (χ3n) is 5.42. The van der Waals surface area contributed by atoms with Crippen LogP contribution in [0, 0.1) is 13.8 Å². The summed E-state index contributed by atoms with van der Waals surface area (Å²) in [5.41, 5.74) is 4.42. The molecule has 0 saturated carbocycles. The number of ether oxygens (including phenoxy) is 1. The fourth-order valence-corrected chi connectivity index (χ4v) is 3.13. The van der Waals surface area contributed by atoms with Crippen molar-refractivity contribution in [2.75, 3.05) is 7.05 Å². The molecule has 0 N–H and O–H groups in total. The zero-order valence-electron chi connectivity index (χ0n) is 17.9. The van der Waals surface area contributed by atoms with Gasteiger partial charge in [-0.2, -0.15) is 0 Å². The maximum absolute atomic E-state index is 12.9. The number of Topliss-reactive ketones (excluding diaryl/α,β-unsaturated/α-hetero) is 1. The number of likely N-dealkylation sites (N-methyl/N-ethyl adjacent to an activating group) is 1. The summed E-state index contributed by atoms with van der Waals surface area (Å²) in [5, 5.41) is 0. The van der Waals surface area contributed by atoms with Gasteiger partial charge in [-0.05, 0) is 67.8 Å². The predicted molar refractivity (Wildman–Crippen MR) is 119 cm³/mol. The number of rotatable bonds is 7. The first kappa shape index (κ1) is 21.3. The zero-order valence-corrected chi connectivity index (χ0v) is 17.9. The number of amides is 1. The molecule has 4 nitrogen and oxygen atoms in total. The molecular formula is C26H27NO3. The van der Waals surface area contributed by atoms with Gasteiger partial charge in [0.15, 0.2) is 5.78 Å². The highest BCUT2D eigenvalue weighted by molar-refractivity contribution is 6.04. The molecule has 3 rings (SSSR count). The van der Waals surface area contributed by atoms with Crippen molar-refractivity contribution in [3.8, 4) is 5.75 Å². The second kappa shape index (κ2) is 9.40. The summed E-state index contributed by atoms with van der Waals surface area (Å²) in [7, 11) is 1.66. The maximum atomic E-state index is 12.9. The molecule has 0 spiro atoms. The molecule has 1 amide bonds. The Labute approximate surface area is 178 Å². The Morgan fingerprint density at radius 2 is 1.50 bits per heavy atom. The molecule has 0 radical (unpaired) electrons. The average Bonchev–Trinajstić information content (AvgIpc) is 2.78. The van der Waals surface area contributed by atoms with E-state index in [1.54, 1.807) is 38.2 Å².